The van der Waals surface area contributed by atoms with E-state index in [1.165, 1.54) is 19.3 Å². The van der Waals surface area contributed by atoms with Crippen molar-refractivity contribution in [3.63, 3.8) is 0 Å². The van der Waals surface area contributed by atoms with Crippen molar-refractivity contribution in [1.82, 2.24) is 10.2 Å². The maximum absolute atomic E-state index is 12.9. The first-order valence-corrected chi connectivity index (χ1v) is 10.5. The maximum atomic E-state index is 12.9. The van der Waals surface area contributed by atoms with Gasteiger partial charge in [-0.15, -0.1) is 0 Å². The summed E-state index contributed by atoms with van der Waals surface area (Å²) < 4.78 is 11.5. The van der Waals surface area contributed by atoms with Gasteiger partial charge in [0.15, 0.2) is 0 Å². The molecule has 2 aliphatic carbocycles. The second-order valence-corrected chi connectivity index (χ2v) is 8.51. The van der Waals surface area contributed by atoms with Gasteiger partial charge in [0.25, 0.3) is 0 Å². The van der Waals surface area contributed by atoms with Gasteiger partial charge in [-0.2, -0.15) is 0 Å². The van der Waals surface area contributed by atoms with Crippen molar-refractivity contribution in [1.29, 1.82) is 0 Å². The summed E-state index contributed by atoms with van der Waals surface area (Å²) in [5.74, 6) is 0.507. The molecule has 142 valence electrons. The van der Waals surface area contributed by atoms with Gasteiger partial charge in [0, 0.05) is 31.7 Å². The Morgan fingerprint density at radius 3 is 2.28 bits per heavy atom. The monoisotopic (exact) mass is 350 g/mol. The fraction of sp³-hybridized carbons (Fsp3) is 0.950. The predicted molar refractivity (Wildman–Crippen MR) is 96.5 cm³/mol. The average molecular weight is 351 g/mol. The van der Waals surface area contributed by atoms with E-state index in [1.807, 2.05) is 0 Å². The summed E-state index contributed by atoms with van der Waals surface area (Å²) in [5, 5.41) is 3.47. The zero-order chi connectivity index (χ0) is 17.1. The summed E-state index contributed by atoms with van der Waals surface area (Å²) in [6, 6.07) is 0.660. The molecule has 25 heavy (non-hydrogen) atoms. The smallest absolute Gasteiger partial charge is 0.223 e. The lowest BCUT2D eigenvalue weighted by Gasteiger charge is -2.50. The molecular weight excluding hydrogens is 316 g/mol. The van der Waals surface area contributed by atoms with Gasteiger partial charge in [-0.1, -0.05) is 0 Å². The Labute approximate surface area is 151 Å². The molecule has 0 aromatic carbocycles. The highest BCUT2D eigenvalue weighted by atomic mass is 16.5. The summed E-state index contributed by atoms with van der Waals surface area (Å²) >= 11 is 0. The van der Waals surface area contributed by atoms with Crippen LogP contribution in [0.4, 0.5) is 0 Å². The van der Waals surface area contributed by atoms with Gasteiger partial charge >= 0.3 is 0 Å². The number of hydrogen-bond acceptors (Lipinski definition) is 4. The van der Waals surface area contributed by atoms with E-state index in [4.69, 9.17) is 9.47 Å². The van der Waals surface area contributed by atoms with Crippen molar-refractivity contribution < 1.29 is 14.3 Å². The number of hydrogen-bond donors (Lipinski definition) is 1. The molecule has 4 rings (SSSR count). The topological polar surface area (TPSA) is 50.8 Å². The Hall–Kier alpha value is -0.650. The minimum atomic E-state index is -0.0431. The van der Waals surface area contributed by atoms with Crippen LogP contribution in [0.3, 0.4) is 0 Å². The number of nitrogens with one attached hydrogen (secondary N) is 1. The Morgan fingerprint density at radius 2 is 1.68 bits per heavy atom. The molecular formula is C20H34N2O3. The zero-order valence-corrected chi connectivity index (χ0v) is 15.5. The minimum absolute atomic E-state index is 0.0431. The summed E-state index contributed by atoms with van der Waals surface area (Å²) in [6.07, 6.45) is 11.6. The molecule has 0 radical (unpaired) electrons. The van der Waals surface area contributed by atoms with Crippen LogP contribution in [0.15, 0.2) is 0 Å². The molecule has 4 fully saturated rings. The van der Waals surface area contributed by atoms with Crippen LogP contribution < -0.4 is 5.32 Å². The first-order valence-electron chi connectivity index (χ1n) is 10.5. The highest BCUT2D eigenvalue weighted by Crippen LogP contribution is 2.40. The molecule has 0 aromatic heterocycles. The third-order valence-corrected chi connectivity index (χ3v) is 7.04. The van der Waals surface area contributed by atoms with E-state index in [9.17, 15) is 4.79 Å². The number of carbonyl (C=O) groups excluding carboxylic acids is 1. The lowest BCUT2D eigenvalue weighted by atomic mass is 9.70. The molecule has 0 aromatic rings. The molecule has 5 heteroatoms. The highest BCUT2D eigenvalue weighted by Gasteiger charge is 2.47. The quantitative estimate of drug-likeness (QED) is 0.846. The number of ether oxygens (including phenoxy) is 2. The summed E-state index contributed by atoms with van der Waals surface area (Å²) in [4.78, 5) is 15.5. The Balaban J connectivity index is 1.28. The summed E-state index contributed by atoms with van der Waals surface area (Å²) in [5.41, 5.74) is -0.0431. The fourth-order valence-corrected chi connectivity index (χ4v) is 5.25. The fourth-order valence-electron chi connectivity index (χ4n) is 5.25. The van der Waals surface area contributed by atoms with Gasteiger partial charge < -0.3 is 14.8 Å². The standard InChI is InChI=1S/C20H34N2O3/c23-19(21-20(9-3-10-20)18-4-1-2-13-25-18)16-5-7-17(8-6-16)22-11-14-24-15-12-22/h16-18H,1-15H2,(H,21,23). The van der Waals surface area contributed by atoms with Crippen LogP contribution in [0.25, 0.3) is 0 Å². The van der Waals surface area contributed by atoms with Crippen LogP contribution in [-0.4, -0.2) is 61.4 Å². The van der Waals surface area contributed by atoms with Crippen molar-refractivity contribution in [2.75, 3.05) is 32.9 Å². The van der Waals surface area contributed by atoms with E-state index in [0.717, 1.165) is 77.9 Å². The van der Waals surface area contributed by atoms with Crippen molar-refractivity contribution in [2.24, 2.45) is 5.92 Å². The van der Waals surface area contributed by atoms with Crippen LogP contribution in [0.1, 0.15) is 64.2 Å². The molecule has 2 saturated heterocycles. The lowest BCUT2D eigenvalue weighted by Crippen LogP contribution is -2.63. The molecule has 2 aliphatic heterocycles. The third kappa shape index (κ3) is 3.88. The van der Waals surface area contributed by atoms with E-state index in [2.05, 4.69) is 10.2 Å². The largest absolute Gasteiger partial charge is 0.379 e. The first-order chi connectivity index (χ1) is 12.3. The second kappa shape index (κ2) is 7.93. The number of morpholine rings is 1. The molecule has 1 amide bonds. The molecule has 2 saturated carbocycles. The van der Waals surface area contributed by atoms with E-state index in [0.29, 0.717) is 11.9 Å². The first kappa shape index (κ1) is 17.7. The molecule has 1 N–H and O–H groups in total. The van der Waals surface area contributed by atoms with Gasteiger partial charge in [-0.05, 0) is 64.2 Å². The molecule has 0 spiro atoms. The van der Waals surface area contributed by atoms with Crippen molar-refractivity contribution >= 4 is 5.91 Å². The van der Waals surface area contributed by atoms with Crippen molar-refractivity contribution in [3.8, 4) is 0 Å². The molecule has 0 bridgehead atoms. The van der Waals surface area contributed by atoms with Crippen LogP contribution >= 0.6 is 0 Å². The van der Waals surface area contributed by atoms with Gasteiger partial charge in [0.2, 0.25) is 5.91 Å². The van der Waals surface area contributed by atoms with E-state index < -0.39 is 0 Å². The predicted octanol–water partition coefficient (Wildman–Crippen LogP) is 2.49. The van der Waals surface area contributed by atoms with Crippen molar-refractivity contribution in [3.05, 3.63) is 0 Å². The van der Waals surface area contributed by atoms with Gasteiger partial charge in [0.05, 0.1) is 24.9 Å². The van der Waals surface area contributed by atoms with Crippen LogP contribution in [-0.2, 0) is 14.3 Å². The van der Waals surface area contributed by atoms with Gasteiger partial charge in [-0.3, -0.25) is 9.69 Å². The highest BCUT2D eigenvalue weighted by molar-refractivity contribution is 5.79. The maximum Gasteiger partial charge on any atom is 0.223 e. The molecule has 5 nitrogen and oxygen atoms in total. The number of nitrogens with zero attached hydrogens (tertiary/aromatic N) is 1. The molecule has 4 aliphatic rings. The summed E-state index contributed by atoms with van der Waals surface area (Å²) in [6.45, 7) is 4.72. The summed E-state index contributed by atoms with van der Waals surface area (Å²) in [7, 11) is 0. The number of amides is 1. The van der Waals surface area contributed by atoms with Gasteiger partial charge in [0.1, 0.15) is 0 Å². The van der Waals surface area contributed by atoms with Crippen molar-refractivity contribution in [2.45, 2.75) is 81.9 Å². The zero-order valence-electron chi connectivity index (χ0n) is 15.5. The van der Waals surface area contributed by atoms with E-state index >= 15 is 0 Å². The van der Waals surface area contributed by atoms with Crippen LogP contribution in [0, 0.1) is 5.92 Å². The van der Waals surface area contributed by atoms with Crippen LogP contribution in [0.2, 0.25) is 0 Å². The van der Waals surface area contributed by atoms with E-state index in [-0.39, 0.29) is 17.6 Å². The molecule has 1 unspecified atom stereocenters. The second-order valence-electron chi connectivity index (χ2n) is 8.51. The molecule has 1 atom stereocenters. The minimum Gasteiger partial charge on any atom is -0.379 e. The SMILES string of the molecule is O=C(NC1(C2CCCCO2)CCC1)C1CCC(N2CCOCC2)CC1. The normalized spacial score (nSPS) is 36.4. The lowest BCUT2D eigenvalue weighted by molar-refractivity contribution is -0.136. The van der Waals surface area contributed by atoms with Crippen LogP contribution in [0.5, 0.6) is 0 Å². The third-order valence-electron chi connectivity index (χ3n) is 7.04. The Kier molecular flexibility index (Phi) is 5.63. The van der Waals surface area contributed by atoms with E-state index in [1.54, 1.807) is 0 Å². The number of carbonyl (C=O) groups is 1. The molecule has 2 heterocycles. The van der Waals surface area contributed by atoms with Gasteiger partial charge in [-0.25, -0.2) is 0 Å². The Bertz CT molecular complexity index is 446. The Morgan fingerprint density at radius 1 is 0.920 bits per heavy atom. The average Bonchev–Trinajstić information content (AvgIpc) is 2.66. The number of rotatable bonds is 4.